The molecular weight excluding hydrogens is 368 g/mol. The quantitative estimate of drug-likeness (QED) is 0.774. The van der Waals surface area contributed by atoms with Gasteiger partial charge in [-0.3, -0.25) is 9.59 Å². The number of carbonyl (C=O) groups is 1. The predicted molar refractivity (Wildman–Crippen MR) is 115 cm³/mol. The number of piperidine rings is 1. The van der Waals surface area contributed by atoms with Crippen molar-refractivity contribution < 1.29 is 9.53 Å². The average Bonchev–Trinajstić information content (AvgIpc) is 2.73. The highest BCUT2D eigenvalue weighted by Crippen LogP contribution is 2.26. The van der Waals surface area contributed by atoms with Crippen molar-refractivity contribution in [1.82, 2.24) is 9.78 Å². The second-order valence-electron chi connectivity index (χ2n) is 7.60. The van der Waals surface area contributed by atoms with E-state index >= 15 is 0 Å². The third-order valence-corrected chi connectivity index (χ3v) is 5.16. The second-order valence-corrected chi connectivity index (χ2v) is 7.60. The molecule has 0 aliphatic carbocycles. The molecule has 1 saturated heterocycles. The minimum Gasteiger partial charge on any atom is -0.483 e. The summed E-state index contributed by atoms with van der Waals surface area (Å²) in [5.74, 6) is 0.691. The van der Waals surface area contributed by atoms with E-state index in [2.05, 4.69) is 29.2 Å². The summed E-state index contributed by atoms with van der Waals surface area (Å²) >= 11 is 0. The van der Waals surface area contributed by atoms with Gasteiger partial charge < -0.3 is 15.0 Å². The molecule has 1 aliphatic heterocycles. The Bertz CT molecular complexity index is 901. The lowest BCUT2D eigenvalue weighted by Crippen LogP contribution is -2.38. The Kier molecular flexibility index (Phi) is 6.90. The monoisotopic (exact) mass is 398 g/mol. The van der Waals surface area contributed by atoms with Crippen LogP contribution in [0.1, 0.15) is 51.5 Å². The maximum absolute atomic E-state index is 12.9. The number of rotatable bonds is 7. The van der Waals surface area contributed by atoms with E-state index in [9.17, 15) is 9.59 Å². The van der Waals surface area contributed by atoms with Crippen LogP contribution in [0.5, 0.6) is 5.75 Å². The van der Waals surface area contributed by atoms with Gasteiger partial charge in [0.1, 0.15) is 11.4 Å². The van der Waals surface area contributed by atoms with Crippen LogP contribution in [0.4, 0.5) is 11.4 Å². The number of amides is 1. The SMILES string of the molecule is CCn1ncc(NC(=O)COc2ccccc2C(C)C)c(N2CCCCC2)c1=O. The number of carbonyl (C=O) groups excluding carboxylic acids is 1. The smallest absolute Gasteiger partial charge is 0.292 e. The first-order valence-electron chi connectivity index (χ1n) is 10.4. The molecule has 3 rings (SSSR count). The number of benzene rings is 1. The van der Waals surface area contributed by atoms with Crippen molar-refractivity contribution in [1.29, 1.82) is 0 Å². The van der Waals surface area contributed by atoms with Crippen LogP contribution in [0.2, 0.25) is 0 Å². The molecule has 7 heteroatoms. The summed E-state index contributed by atoms with van der Waals surface area (Å²) in [6.07, 6.45) is 4.80. The minimum atomic E-state index is -0.308. The predicted octanol–water partition coefficient (Wildman–Crippen LogP) is 3.39. The number of anilines is 2. The first kappa shape index (κ1) is 20.9. The lowest BCUT2D eigenvalue weighted by molar-refractivity contribution is -0.118. The molecule has 1 amide bonds. The molecule has 0 saturated carbocycles. The van der Waals surface area contributed by atoms with E-state index in [0.717, 1.165) is 37.9 Å². The van der Waals surface area contributed by atoms with Crippen LogP contribution >= 0.6 is 0 Å². The molecule has 29 heavy (non-hydrogen) atoms. The van der Waals surface area contributed by atoms with Crippen LogP contribution in [0.15, 0.2) is 35.3 Å². The molecule has 1 N–H and O–H groups in total. The summed E-state index contributed by atoms with van der Waals surface area (Å²) in [5, 5.41) is 7.02. The average molecular weight is 399 g/mol. The molecule has 0 bridgehead atoms. The molecule has 2 aromatic rings. The lowest BCUT2D eigenvalue weighted by Gasteiger charge is -2.29. The molecule has 0 atom stereocenters. The van der Waals surface area contributed by atoms with Gasteiger partial charge in [-0.25, -0.2) is 4.68 Å². The number of aryl methyl sites for hydroxylation is 1. The number of nitrogens with one attached hydrogen (secondary N) is 1. The molecule has 1 aliphatic rings. The van der Waals surface area contributed by atoms with Gasteiger partial charge in [0, 0.05) is 19.6 Å². The number of ether oxygens (including phenoxy) is 1. The summed E-state index contributed by atoms with van der Waals surface area (Å²) in [5.41, 5.74) is 1.87. The number of nitrogens with zero attached hydrogens (tertiary/aromatic N) is 3. The zero-order chi connectivity index (χ0) is 20.8. The molecule has 2 heterocycles. The van der Waals surface area contributed by atoms with Crippen LogP contribution in [0, 0.1) is 0 Å². The number of hydrogen-bond donors (Lipinski definition) is 1. The standard InChI is InChI=1S/C22H30N4O3/c1-4-26-22(28)21(25-12-8-5-9-13-25)18(14-23-26)24-20(27)15-29-19-11-7-6-10-17(19)16(2)3/h6-7,10-11,14,16H,4-5,8-9,12-13,15H2,1-3H3,(H,24,27). The zero-order valence-corrected chi connectivity index (χ0v) is 17.5. The highest BCUT2D eigenvalue weighted by Gasteiger charge is 2.21. The zero-order valence-electron chi connectivity index (χ0n) is 17.5. The molecule has 1 aromatic heterocycles. The van der Waals surface area contributed by atoms with Gasteiger partial charge in [-0.05, 0) is 43.7 Å². The van der Waals surface area contributed by atoms with Gasteiger partial charge in [0.2, 0.25) is 0 Å². The molecule has 1 aromatic carbocycles. The first-order valence-corrected chi connectivity index (χ1v) is 10.4. The first-order chi connectivity index (χ1) is 14.0. The summed E-state index contributed by atoms with van der Waals surface area (Å²) in [6, 6.07) is 7.72. The van der Waals surface area contributed by atoms with Crippen molar-refractivity contribution in [2.75, 3.05) is 29.9 Å². The van der Waals surface area contributed by atoms with E-state index in [4.69, 9.17) is 4.74 Å². The van der Waals surface area contributed by atoms with Crippen molar-refractivity contribution in [3.63, 3.8) is 0 Å². The van der Waals surface area contributed by atoms with Gasteiger partial charge in [0.15, 0.2) is 6.61 Å². The minimum absolute atomic E-state index is 0.125. The van der Waals surface area contributed by atoms with Gasteiger partial charge in [0.05, 0.1) is 11.9 Å². The highest BCUT2D eigenvalue weighted by molar-refractivity contribution is 5.95. The Hall–Kier alpha value is -2.83. The third kappa shape index (κ3) is 4.96. The number of para-hydroxylation sites is 1. The molecule has 1 fully saturated rings. The third-order valence-electron chi connectivity index (χ3n) is 5.16. The summed E-state index contributed by atoms with van der Waals surface area (Å²) in [4.78, 5) is 27.5. The van der Waals surface area contributed by atoms with Gasteiger partial charge in [-0.1, -0.05) is 32.0 Å². The van der Waals surface area contributed by atoms with E-state index in [1.807, 2.05) is 31.2 Å². The fourth-order valence-electron chi connectivity index (χ4n) is 3.64. The molecule has 0 unspecified atom stereocenters. The summed E-state index contributed by atoms with van der Waals surface area (Å²) in [7, 11) is 0. The molecule has 156 valence electrons. The summed E-state index contributed by atoms with van der Waals surface area (Å²) in [6.45, 7) is 8.03. The van der Waals surface area contributed by atoms with Gasteiger partial charge in [0.25, 0.3) is 11.5 Å². The summed E-state index contributed by atoms with van der Waals surface area (Å²) < 4.78 is 7.19. The lowest BCUT2D eigenvalue weighted by atomic mass is 10.0. The van der Waals surface area contributed by atoms with Crippen molar-refractivity contribution in [3.8, 4) is 5.75 Å². The molecule has 0 spiro atoms. The molecule has 0 radical (unpaired) electrons. The van der Waals surface area contributed by atoms with E-state index in [0.29, 0.717) is 29.6 Å². The second kappa shape index (κ2) is 9.58. The van der Waals surface area contributed by atoms with Crippen molar-refractivity contribution >= 4 is 17.3 Å². The topological polar surface area (TPSA) is 76.5 Å². The van der Waals surface area contributed by atoms with E-state index in [-0.39, 0.29) is 18.1 Å². The van der Waals surface area contributed by atoms with Gasteiger partial charge in [-0.15, -0.1) is 0 Å². The molecule has 7 nitrogen and oxygen atoms in total. The Balaban J connectivity index is 1.76. The van der Waals surface area contributed by atoms with Crippen LogP contribution in [0.3, 0.4) is 0 Å². The number of aromatic nitrogens is 2. The largest absolute Gasteiger partial charge is 0.483 e. The normalized spacial score (nSPS) is 14.1. The Morgan fingerprint density at radius 2 is 1.93 bits per heavy atom. The van der Waals surface area contributed by atoms with Gasteiger partial charge >= 0.3 is 0 Å². The fourth-order valence-corrected chi connectivity index (χ4v) is 3.64. The van der Waals surface area contributed by atoms with Crippen LogP contribution in [-0.4, -0.2) is 35.4 Å². The Labute approximate surface area is 171 Å². The van der Waals surface area contributed by atoms with Crippen molar-refractivity contribution in [2.45, 2.75) is 52.5 Å². The van der Waals surface area contributed by atoms with Crippen LogP contribution < -0.4 is 20.5 Å². The Morgan fingerprint density at radius 3 is 2.62 bits per heavy atom. The highest BCUT2D eigenvalue weighted by atomic mass is 16.5. The maximum atomic E-state index is 12.9. The van der Waals surface area contributed by atoms with Crippen LogP contribution in [0.25, 0.3) is 0 Å². The molecular formula is C22H30N4O3. The van der Waals surface area contributed by atoms with Crippen LogP contribution in [-0.2, 0) is 11.3 Å². The van der Waals surface area contributed by atoms with E-state index in [1.165, 1.54) is 4.68 Å². The van der Waals surface area contributed by atoms with Crippen molar-refractivity contribution in [3.05, 3.63) is 46.4 Å². The van der Waals surface area contributed by atoms with Gasteiger partial charge in [-0.2, -0.15) is 5.10 Å². The fraction of sp³-hybridized carbons (Fsp3) is 0.500. The number of hydrogen-bond acceptors (Lipinski definition) is 5. The Morgan fingerprint density at radius 1 is 1.21 bits per heavy atom. The van der Waals surface area contributed by atoms with E-state index in [1.54, 1.807) is 6.20 Å². The van der Waals surface area contributed by atoms with E-state index < -0.39 is 0 Å². The maximum Gasteiger partial charge on any atom is 0.292 e. The van der Waals surface area contributed by atoms with Crippen molar-refractivity contribution in [2.24, 2.45) is 0 Å².